The molecule has 0 bridgehead atoms. The molecule has 1 amide bonds. The Balaban J connectivity index is 1.82. The largest absolute Gasteiger partial charge is 0.342 e. The Hall–Kier alpha value is -1.39. The minimum absolute atomic E-state index is 0.193. The molecule has 1 aromatic carbocycles. The van der Waals surface area contributed by atoms with Gasteiger partial charge in [-0.05, 0) is 31.0 Å². The number of carbonyl (C=O) groups is 1. The summed E-state index contributed by atoms with van der Waals surface area (Å²) < 4.78 is 0. The van der Waals surface area contributed by atoms with E-state index in [9.17, 15) is 4.79 Å². The van der Waals surface area contributed by atoms with E-state index in [0.29, 0.717) is 12.3 Å². The number of nitrogens with zero attached hydrogens (tertiary/aromatic N) is 2. The summed E-state index contributed by atoms with van der Waals surface area (Å²) in [4.78, 5) is 16.9. The molecule has 2 atom stereocenters. The molecule has 1 saturated heterocycles. The molecule has 122 valence electrons. The van der Waals surface area contributed by atoms with Crippen LogP contribution in [0, 0.1) is 5.92 Å². The average molecular weight is 303 g/mol. The molecule has 0 radical (unpaired) electrons. The van der Waals surface area contributed by atoms with Gasteiger partial charge in [0.2, 0.25) is 5.91 Å². The predicted molar refractivity (Wildman–Crippen MR) is 90.5 cm³/mol. The number of hydrogen-bond acceptors (Lipinski definition) is 3. The summed E-state index contributed by atoms with van der Waals surface area (Å²) in [5.41, 5.74) is 7.20. The third kappa shape index (κ3) is 4.55. The second kappa shape index (κ2) is 8.30. The lowest BCUT2D eigenvalue weighted by atomic mass is 10.0. The SMILES string of the molecule is CCN(CC)CC1CCN(C(=O)CC(N)c2ccccc2)C1. The highest BCUT2D eigenvalue weighted by atomic mass is 16.2. The van der Waals surface area contributed by atoms with Crippen LogP contribution in [0.3, 0.4) is 0 Å². The lowest BCUT2D eigenvalue weighted by Crippen LogP contribution is -2.34. The van der Waals surface area contributed by atoms with Crippen LogP contribution in [-0.4, -0.2) is 48.4 Å². The number of likely N-dealkylation sites (tertiary alicyclic amines) is 1. The Morgan fingerprint density at radius 1 is 1.32 bits per heavy atom. The van der Waals surface area contributed by atoms with Crippen LogP contribution in [0.25, 0.3) is 0 Å². The van der Waals surface area contributed by atoms with Crippen LogP contribution in [0.1, 0.15) is 38.3 Å². The van der Waals surface area contributed by atoms with Crippen LogP contribution >= 0.6 is 0 Å². The Bertz CT molecular complexity index is 459. The van der Waals surface area contributed by atoms with Crippen LogP contribution in [0.4, 0.5) is 0 Å². The zero-order valence-corrected chi connectivity index (χ0v) is 13.9. The highest BCUT2D eigenvalue weighted by Crippen LogP contribution is 2.21. The Labute approximate surface area is 134 Å². The van der Waals surface area contributed by atoms with Gasteiger partial charge in [-0.15, -0.1) is 0 Å². The molecule has 1 aliphatic heterocycles. The van der Waals surface area contributed by atoms with E-state index < -0.39 is 0 Å². The zero-order valence-electron chi connectivity index (χ0n) is 13.9. The van der Waals surface area contributed by atoms with E-state index in [0.717, 1.165) is 44.7 Å². The van der Waals surface area contributed by atoms with Crippen molar-refractivity contribution in [3.8, 4) is 0 Å². The highest BCUT2D eigenvalue weighted by Gasteiger charge is 2.28. The topological polar surface area (TPSA) is 49.6 Å². The van der Waals surface area contributed by atoms with Crippen LogP contribution < -0.4 is 5.73 Å². The van der Waals surface area contributed by atoms with Crippen molar-refractivity contribution in [3.63, 3.8) is 0 Å². The molecule has 4 heteroatoms. The number of carbonyl (C=O) groups excluding carboxylic acids is 1. The fourth-order valence-electron chi connectivity index (χ4n) is 3.19. The van der Waals surface area contributed by atoms with Gasteiger partial charge in [0.25, 0.3) is 0 Å². The van der Waals surface area contributed by atoms with Crippen molar-refractivity contribution in [2.45, 2.75) is 32.7 Å². The maximum Gasteiger partial charge on any atom is 0.224 e. The number of hydrogen-bond donors (Lipinski definition) is 1. The summed E-state index contributed by atoms with van der Waals surface area (Å²) in [6, 6.07) is 9.69. The first-order chi connectivity index (χ1) is 10.6. The van der Waals surface area contributed by atoms with Crippen molar-refractivity contribution in [2.24, 2.45) is 11.7 Å². The van der Waals surface area contributed by atoms with Crippen LogP contribution in [0.15, 0.2) is 30.3 Å². The Morgan fingerprint density at radius 3 is 2.64 bits per heavy atom. The average Bonchev–Trinajstić information content (AvgIpc) is 3.02. The van der Waals surface area contributed by atoms with E-state index in [1.165, 1.54) is 0 Å². The van der Waals surface area contributed by atoms with Crippen molar-refractivity contribution in [3.05, 3.63) is 35.9 Å². The number of nitrogens with two attached hydrogens (primary N) is 1. The normalized spacial score (nSPS) is 19.6. The van der Waals surface area contributed by atoms with Gasteiger partial charge < -0.3 is 15.5 Å². The second-order valence-electron chi connectivity index (χ2n) is 6.20. The van der Waals surface area contributed by atoms with E-state index in [1.807, 2.05) is 35.2 Å². The smallest absolute Gasteiger partial charge is 0.224 e. The molecule has 22 heavy (non-hydrogen) atoms. The monoisotopic (exact) mass is 303 g/mol. The maximum atomic E-state index is 12.4. The van der Waals surface area contributed by atoms with Gasteiger partial charge in [-0.25, -0.2) is 0 Å². The molecule has 0 spiro atoms. The molecule has 1 fully saturated rings. The fraction of sp³-hybridized carbons (Fsp3) is 0.611. The maximum absolute atomic E-state index is 12.4. The van der Waals surface area contributed by atoms with Gasteiger partial charge in [0, 0.05) is 32.1 Å². The quantitative estimate of drug-likeness (QED) is 0.840. The van der Waals surface area contributed by atoms with Crippen molar-refractivity contribution in [2.75, 3.05) is 32.7 Å². The van der Waals surface area contributed by atoms with Gasteiger partial charge in [0.05, 0.1) is 0 Å². The molecular formula is C18H29N3O. The molecule has 2 unspecified atom stereocenters. The summed E-state index contributed by atoms with van der Waals surface area (Å²) in [6.07, 6.45) is 1.52. The minimum atomic E-state index is -0.199. The van der Waals surface area contributed by atoms with Gasteiger partial charge in [-0.3, -0.25) is 4.79 Å². The lowest BCUT2D eigenvalue weighted by Gasteiger charge is -2.23. The van der Waals surface area contributed by atoms with Gasteiger partial charge >= 0.3 is 0 Å². The van der Waals surface area contributed by atoms with E-state index in [-0.39, 0.29) is 11.9 Å². The second-order valence-corrected chi connectivity index (χ2v) is 6.20. The van der Waals surface area contributed by atoms with E-state index in [2.05, 4.69) is 18.7 Å². The first kappa shape index (κ1) is 17.0. The summed E-state index contributed by atoms with van der Waals surface area (Å²) in [7, 11) is 0. The molecule has 1 aromatic rings. The minimum Gasteiger partial charge on any atom is -0.342 e. The zero-order chi connectivity index (χ0) is 15.9. The molecule has 0 saturated carbocycles. The molecule has 4 nitrogen and oxygen atoms in total. The fourth-order valence-corrected chi connectivity index (χ4v) is 3.19. The number of benzene rings is 1. The van der Waals surface area contributed by atoms with E-state index >= 15 is 0 Å². The number of rotatable bonds is 7. The molecule has 2 N–H and O–H groups in total. The first-order valence-electron chi connectivity index (χ1n) is 8.44. The van der Waals surface area contributed by atoms with Crippen LogP contribution in [0.2, 0.25) is 0 Å². The van der Waals surface area contributed by atoms with Crippen molar-refractivity contribution >= 4 is 5.91 Å². The lowest BCUT2D eigenvalue weighted by molar-refractivity contribution is -0.130. The summed E-state index contributed by atoms with van der Waals surface area (Å²) in [6.45, 7) is 9.42. The van der Waals surface area contributed by atoms with Crippen molar-refractivity contribution in [1.82, 2.24) is 9.80 Å². The standard InChI is InChI=1S/C18H29N3O/c1-3-20(4-2)13-15-10-11-21(14-15)18(22)12-17(19)16-8-6-5-7-9-16/h5-9,15,17H,3-4,10-14,19H2,1-2H3. The molecule has 0 aromatic heterocycles. The van der Waals surface area contributed by atoms with Gasteiger partial charge in [-0.1, -0.05) is 44.2 Å². The molecular weight excluding hydrogens is 274 g/mol. The molecule has 1 aliphatic rings. The van der Waals surface area contributed by atoms with Crippen LogP contribution in [0.5, 0.6) is 0 Å². The predicted octanol–water partition coefficient (Wildman–Crippen LogP) is 2.27. The number of amides is 1. The van der Waals surface area contributed by atoms with Crippen molar-refractivity contribution in [1.29, 1.82) is 0 Å². The molecule has 2 rings (SSSR count). The molecule has 0 aliphatic carbocycles. The third-order valence-electron chi connectivity index (χ3n) is 4.67. The summed E-state index contributed by atoms with van der Waals surface area (Å²) in [5.74, 6) is 0.801. The first-order valence-corrected chi connectivity index (χ1v) is 8.44. The van der Waals surface area contributed by atoms with Gasteiger partial charge in [0.1, 0.15) is 0 Å². The third-order valence-corrected chi connectivity index (χ3v) is 4.67. The summed E-state index contributed by atoms with van der Waals surface area (Å²) in [5, 5.41) is 0. The Morgan fingerprint density at radius 2 is 2.00 bits per heavy atom. The van der Waals surface area contributed by atoms with E-state index in [1.54, 1.807) is 0 Å². The molecule has 1 heterocycles. The summed E-state index contributed by atoms with van der Waals surface area (Å²) >= 11 is 0. The van der Waals surface area contributed by atoms with Gasteiger partial charge in [0.15, 0.2) is 0 Å². The van der Waals surface area contributed by atoms with Crippen molar-refractivity contribution < 1.29 is 4.79 Å². The Kier molecular flexibility index (Phi) is 6.40. The van der Waals surface area contributed by atoms with Crippen LogP contribution in [-0.2, 0) is 4.79 Å². The van der Waals surface area contributed by atoms with E-state index in [4.69, 9.17) is 5.73 Å². The highest BCUT2D eigenvalue weighted by molar-refractivity contribution is 5.77. The van der Waals surface area contributed by atoms with Gasteiger partial charge in [-0.2, -0.15) is 0 Å².